The zero-order valence-corrected chi connectivity index (χ0v) is 19.3. The summed E-state index contributed by atoms with van der Waals surface area (Å²) in [6, 6.07) is 5.51. The maximum Gasteiger partial charge on any atom is 0.326 e. The fraction of sp³-hybridized carbons (Fsp3) is 0.304. The summed E-state index contributed by atoms with van der Waals surface area (Å²) in [5.41, 5.74) is 7.25. The van der Waals surface area contributed by atoms with Crippen LogP contribution in [0, 0.1) is 0 Å². The molecule has 0 aliphatic carbocycles. The Bertz CT molecular complexity index is 1130. The lowest BCUT2D eigenvalue weighted by Gasteiger charge is -2.24. The van der Waals surface area contributed by atoms with E-state index in [0.29, 0.717) is 11.4 Å². The number of aliphatic carboxylic acids is 1. The van der Waals surface area contributed by atoms with Gasteiger partial charge in [-0.25, -0.2) is 14.8 Å². The van der Waals surface area contributed by atoms with Gasteiger partial charge in [-0.15, -0.1) is 0 Å². The highest BCUT2D eigenvalue weighted by Crippen LogP contribution is 2.07. The normalized spacial score (nSPS) is 13.2. The van der Waals surface area contributed by atoms with E-state index in [1.165, 1.54) is 25.0 Å². The molecule has 0 saturated carbocycles. The van der Waals surface area contributed by atoms with Crippen LogP contribution in [0.1, 0.15) is 17.0 Å². The fourth-order valence-corrected chi connectivity index (χ4v) is 3.50. The number of nitrogens with zero attached hydrogens (tertiary/aromatic N) is 2. The molecule has 36 heavy (non-hydrogen) atoms. The van der Waals surface area contributed by atoms with E-state index >= 15 is 0 Å². The maximum absolute atomic E-state index is 13.2. The van der Waals surface area contributed by atoms with Crippen LogP contribution in [0.4, 0.5) is 0 Å². The predicted molar refractivity (Wildman–Crippen MR) is 127 cm³/mol. The van der Waals surface area contributed by atoms with E-state index < -0.39 is 41.8 Å². The van der Waals surface area contributed by atoms with Crippen molar-refractivity contribution in [3.05, 3.63) is 72.3 Å². The van der Waals surface area contributed by atoms with Gasteiger partial charge in [-0.1, -0.05) is 30.3 Å². The number of hydrogen-bond donors (Lipinski definition) is 7. The molecular formula is C23H28N8O5. The fourth-order valence-electron chi connectivity index (χ4n) is 3.50. The molecule has 3 rings (SSSR count). The summed E-state index contributed by atoms with van der Waals surface area (Å²) in [4.78, 5) is 63.6. The van der Waals surface area contributed by atoms with Crippen molar-refractivity contribution in [1.29, 1.82) is 0 Å². The highest BCUT2D eigenvalue weighted by Gasteiger charge is 2.30. The van der Waals surface area contributed by atoms with Gasteiger partial charge in [-0.05, 0) is 5.56 Å². The zero-order valence-electron chi connectivity index (χ0n) is 19.3. The van der Waals surface area contributed by atoms with E-state index in [4.69, 9.17) is 5.73 Å². The SMILES string of the molecule is NCC(=O)NC(Cc1cnc[nH]1)C(=O)NC(Cc1ccccc1)C(=O)NC(Cc1cnc[nH]1)C(=O)O. The molecule has 3 amide bonds. The smallest absolute Gasteiger partial charge is 0.326 e. The molecule has 0 radical (unpaired) electrons. The highest BCUT2D eigenvalue weighted by atomic mass is 16.4. The summed E-state index contributed by atoms with van der Waals surface area (Å²) < 4.78 is 0. The van der Waals surface area contributed by atoms with Crippen molar-refractivity contribution in [3.63, 3.8) is 0 Å². The van der Waals surface area contributed by atoms with Gasteiger partial charge >= 0.3 is 5.97 Å². The predicted octanol–water partition coefficient (Wildman–Crippen LogP) is -1.34. The summed E-state index contributed by atoms with van der Waals surface area (Å²) in [5, 5.41) is 17.3. The number of rotatable bonds is 13. The van der Waals surface area contributed by atoms with Crippen molar-refractivity contribution in [2.24, 2.45) is 5.73 Å². The second-order valence-corrected chi connectivity index (χ2v) is 8.04. The molecule has 0 aliphatic heterocycles. The topological polar surface area (TPSA) is 208 Å². The number of benzene rings is 1. The Morgan fingerprint density at radius 1 is 0.806 bits per heavy atom. The molecule has 2 aromatic heterocycles. The average molecular weight is 497 g/mol. The minimum atomic E-state index is -1.26. The van der Waals surface area contributed by atoms with Crippen molar-refractivity contribution < 1.29 is 24.3 Å². The van der Waals surface area contributed by atoms with E-state index in [2.05, 4.69) is 35.9 Å². The van der Waals surface area contributed by atoms with Crippen LogP contribution < -0.4 is 21.7 Å². The standard InChI is InChI=1S/C23H28N8O5/c24-9-20(32)29-18(7-15-10-25-12-27-15)22(34)30-17(6-14-4-2-1-3-5-14)21(33)31-19(23(35)36)8-16-11-26-13-28-16/h1-5,10-13,17-19H,6-9,24H2,(H,25,27)(H,26,28)(H,29,32)(H,30,34)(H,31,33)(H,35,36). The summed E-state index contributed by atoms with van der Waals surface area (Å²) in [7, 11) is 0. The van der Waals surface area contributed by atoms with E-state index in [9.17, 15) is 24.3 Å². The molecule has 13 heteroatoms. The number of carboxylic acids is 1. The monoisotopic (exact) mass is 496 g/mol. The first-order valence-electron chi connectivity index (χ1n) is 11.2. The number of carbonyl (C=O) groups is 4. The molecule has 0 saturated heterocycles. The minimum Gasteiger partial charge on any atom is -0.480 e. The van der Waals surface area contributed by atoms with Gasteiger partial charge in [0.1, 0.15) is 18.1 Å². The largest absolute Gasteiger partial charge is 0.480 e. The molecule has 0 aliphatic rings. The van der Waals surface area contributed by atoms with Crippen LogP contribution in [0.15, 0.2) is 55.4 Å². The number of hydrogen-bond acceptors (Lipinski definition) is 7. The van der Waals surface area contributed by atoms with E-state index in [1.807, 2.05) is 6.07 Å². The van der Waals surface area contributed by atoms with Crippen molar-refractivity contribution in [2.75, 3.05) is 6.54 Å². The molecule has 190 valence electrons. The van der Waals surface area contributed by atoms with E-state index in [-0.39, 0.29) is 25.8 Å². The third-order valence-electron chi connectivity index (χ3n) is 5.33. The number of carboxylic acid groups (broad SMARTS) is 1. The molecule has 1 aromatic carbocycles. The number of nitrogens with one attached hydrogen (secondary N) is 5. The number of aromatic amines is 2. The molecule has 8 N–H and O–H groups in total. The molecule has 3 aromatic rings. The van der Waals surface area contributed by atoms with Gasteiger partial charge in [-0.2, -0.15) is 0 Å². The summed E-state index contributed by atoms with van der Waals surface area (Å²) in [6.07, 6.45) is 5.96. The second-order valence-electron chi connectivity index (χ2n) is 8.04. The zero-order chi connectivity index (χ0) is 25.9. The Morgan fingerprint density at radius 2 is 1.33 bits per heavy atom. The molecule has 2 heterocycles. The average Bonchev–Trinajstić information content (AvgIpc) is 3.57. The van der Waals surface area contributed by atoms with Crippen LogP contribution in [0.3, 0.4) is 0 Å². The highest BCUT2D eigenvalue weighted by molar-refractivity contribution is 5.93. The lowest BCUT2D eigenvalue weighted by atomic mass is 10.0. The Labute approximate surface area is 206 Å². The van der Waals surface area contributed by atoms with Crippen molar-refractivity contribution >= 4 is 23.7 Å². The minimum absolute atomic E-state index is 0.0257. The van der Waals surface area contributed by atoms with Gasteiger partial charge in [0.25, 0.3) is 0 Å². The van der Waals surface area contributed by atoms with Crippen molar-refractivity contribution in [1.82, 2.24) is 35.9 Å². The third-order valence-corrected chi connectivity index (χ3v) is 5.33. The first kappa shape index (κ1) is 26.1. The summed E-state index contributed by atoms with van der Waals surface area (Å²) >= 11 is 0. The van der Waals surface area contributed by atoms with Crippen LogP contribution in [0.2, 0.25) is 0 Å². The first-order chi connectivity index (χ1) is 17.4. The van der Waals surface area contributed by atoms with Crippen LogP contribution in [-0.4, -0.2) is 73.4 Å². The number of amides is 3. The third kappa shape index (κ3) is 7.77. The van der Waals surface area contributed by atoms with Crippen molar-refractivity contribution in [3.8, 4) is 0 Å². The lowest BCUT2D eigenvalue weighted by Crippen LogP contribution is -2.57. The molecular weight excluding hydrogens is 468 g/mol. The molecule has 0 bridgehead atoms. The molecule has 13 nitrogen and oxygen atoms in total. The van der Waals surface area contributed by atoms with Gasteiger partial charge in [0.2, 0.25) is 17.7 Å². The van der Waals surface area contributed by atoms with Crippen LogP contribution in [0.5, 0.6) is 0 Å². The summed E-state index contributed by atoms with van der Waals surface area (Å²) in [6.45, 7) is -0.325. The van der Waals surface area contributed by atoms with Gasteiger partial charge in [0.15, 0.2) is 0 Å². The van der Waals surface area contributed by atoms with E-state index in [1.54, 1.807) is 24.3 Å². The number of carbonyl (C=O) groups excluding carboxylic acids is 3. The lowest BCUT2D eigenvalue weighted by molar-refractivity contribution is -0.142. The molecule has 0 fully saturated rings. The van der Waals surface area contributed by atoms with Gasteiger partial charge in [-0.3, -0.25) is 14.4 Å². The summed E-state index contributed by atoms with van der Waals surface area (Å²) in [5.74, 6) is -3.12. The second kappa shape index (κ2) is 12.8. The number of H-pyrrole nitrogens is 2. The maximum atomic E-state index is 13.2. The van der Waals surface area contributed by atoms with Crippen LogP contribution in [0.25, 0.3) is 0 Å². The quantitative estimate of drug-likeness (QED) is 0.150. The van der Waals surface area contributed by atoms with Gasteiger partial charge < -0.3 is 36.8 Å². The van der Waals surface area contributed by atoms with E-state index in [0.717, 1.165) is 5.56 Å². The molecule has 3 atom stereocenters. The van der Waals surface area contributed by atoms with Crippen LogP contribution >= 0.6 is 0 Å². The van der Waals surface area contributed by atoms with Crippen molar-refractivity contribution in [2.45, 2.75) is 37.4 Å². The van der Waals surface area contributed by atoms with Gasteiger partial charge in [0, 0.05) is 43.0 Å². The Kier molecular flexibility index (Phi) is 9.28. The van der Waals surface area contributed by atoms with Crippen LogP contribution in [-0.2, 0) is 38.4 Å². The Morgan fingerprint density at radius 3 is 1.83 bits per heavy atom. The Balaban J connectivity index is 1.78. The number of nitrogens with two attached hydrogens (primary N) is 1. The Hall–Kier alpha value is -4.52. The van der Waals surface area contributed by atoms with Gasteiger partial charge in [0.05, 0.1) is 19.2 Å². The number of aromatic nitrogens is 4. The molecule has 3 unspecified atom stereocenters. The number of imidazole rings is 2. The first-order valence-corrected chi connectivity index (χ1v) is 11.2. The molecule has 0 spiro atoms.